The number of hydrogen-bond donors (Lipinski definition) is 1. The zero-order valence-electron chi connectivity index (χ0n) is 13.6. The molecule has 0 aliphatic carbocycles. The van der Waals surface area contributed by atoms with E-state index in [9.17, 15) is 22.7 Å². The van der Waals surface area contributed by atoms with Gasteiger partial charge in [-0.15, -0.1) is 0 Å². The van der Waals surface area contributed by atoms with E-state index >= 15 is 0 Å². The van der Waals surface area contributed by atoms with Gasteiger partial charge in [-0.2, -0.15) is 13.2 Å². The standard InChI is InChI=1S/C18H16F4N2O/c1-17(2,25)9-24-10-23-15-6-3-11(7-16(15)24)13-5-4-12(8-14(13)19)18(20,21)22/h3-8,10,25H,9H2,1-2H3. The van der Waals surface area contributed by atoms with Crippen LogP contribution in [0.15, 0.2) is 42.7 Å². The Morgan fingerprint density at radius 3 is 2.40 bits per heavy atom. The lowest BCUT2D eigenvalue weighted by Crippen LogP contribution is -2.25. The fourth-order valence-electron chi connectivity index (χ4n) is 2.69. The summed E-state index contributed by atoms with van der Waals surface area (Å²) in [6.07, 6.45) is -3.02. The number of hydrogen-bond acceptors (Lipinski definition) is 2. The van der Waals surface area contributed by atoms with Gasteiger partial charge in [0.05, 0.1) is 35.1 Å². The maximum absolute atomic E-state index is 14.2. The number of aromatic nitrogens is 2. The molecule has 0 radical (unpaired) electrons. The van der Waals surface area contributed by atoms with E-state index in [0.29, 0.717) is 22.7 Å². The molecule has 0 unspecified atom stereocenters. The van der Waals surface area contributed by atoms with Crippen LogP contribution in [0.1, 0.15) is 19.4 Å². The number of halogens is 4. The molecule has 0 amide bonds. The smallest absolute Gasteiger partial charge is 0.389 e. The predicted molar refractivity (Wildman–Crippen MR) is 86.4 cm³/mol. The molecule has 2 aromatic carbocycles. The fourth-order valence-corrected chi connectivity index (χ4v) is 2.69. The van der Waals surface area contributed by atoms with Crippen LogP contribution in [0.4, 0.5) is 17.6 Å². The molecule has 3 aromatic rings. The Labute approximate surface area is 141 Å². The molecule has 3 nitrogen and oxygen atoms in total. The molecule has 1 N–H and O–H groups in total. The molecule has 0 saturated heterocycles. The Hall–Kier alpha value is -2.41. The lowest BCUT2D eigenvalue weighted by molar-refractivity contribution is -0.137. The third kappa shape index (κ3) is 3.66. The molecule has 0 bridgehead atoms. The summed E-state index contributed by atoms with van der Waals surface area (Å²) in [5, 5.41) is 9.97. The van der Waals surface area contributed by atoms with Crippen LogP contribution in [-0.2, 0) is 12.7 Å². The van der Waals surface area contributed by atoms with E-state index in [1.807, 2.05) is 0 Å². The van der Waals surface area contributed by atoms with E-state index in [2.05, 4.69) is 4.98 Å². The first kappa shape index (κ1) is 17.4. The highest BCUT2D eigenvalue weighted by Crippen LogP contribution is 2.33. The zero-order chi connectivity index (χ0) is 18.4. The molecule has 1 heterocycles. The summed E-state index contributed by atoms with van der Waals surface area (Å²) < 4.78 is 54.0. The number of benzene rings is 2. The predicted octanol–water partition coefficient (Wildman–Crippen LogP) is 4.63. The average molecular weight is 352 g/mol. The minimum Gasteiger partial charge on any atom is -0.389 e. The van der Waals surface area contributed by atoms with Crippen molar-refractivity contribution in [3.63, 3.8) is 0 Å². The summed E-state index contributed by atoms with van der Waals surface area (Å²) in [5.41, 5.74) is -0.160. The molecule has 0 fully saturated rings. The van der Waals surface area contributed by atoms with E-state index in [-0.39, 0.29) is 12.1 Å². The molecule has 25 heavy (non-hydrogen) atoms. The number of nitrogens with zero attached hydrogens (tertiary/aromatic N) is 2. The number of rotatable bonds is 3. The van der Waals surface area contributed by atoms with Gasteiger partial charge < -0.3 is 9.67 Å². The van der Waals surface area contributed by atoms with E-state index in [1.165, 1.54) is 0 Å². The van der Waals surface area contributed by atoms with Crippen LogP contribution in [0, 0.1) is 5.82 Å². The van der Waals surface area contributed by atoms with Crippen LogP contribution in [-0.4, -0.2) is 20.3 Å². The van der Waals surface area contributed by atoms with Crippen molar-refractivity contribution in [1.82, 2.24) is 9.55 Å². The van der Waals surface area contributed by atoms with Crippen molar-refractivity contribution in [2.24, 2.45) is 0 Å². The van der Waals surface area contributed by atoms with Gasteiger partial charge in [0.25, 0.3) is 0 Å². The van der Waals surface area contributed by atoms with Gasteiger partial charge in [-0.1, -0.05) is 12.1 Å². The van der Waals surface area contributed by atoms with Crippen LogP contribution >= 0.6 is 0 Å². The monoisotopic (exact) mass is 352 g/mol. The van der Waals surface area contributed by atoms with Crippen molar-refractivity contribution in [2.75, 3.05) is 0 Å². The first-order valence-corrected chi connectivity index (χ1v) is 7.59. The Morgan fingerprint density at radius 2 is 1.80 bits per heavy atom. The molecule has 3 rings (SSSR count). The first-order valence-electron chi connectivity index (χ1n) is 7.59. The second-order valence-corrected chi connectivity index (χ2v) is 6.58. The van der Waals surface area contributed by atoms with E-state index in [1.54, 1.807) is 42.9 Å². The Balaban J connectivity index is 2.06. The van der Waals surface area contributed by atoms with Gasteiger partial charge in [-0.3, -0.25) is 0 Å². The van der Waals surface area contributed by atoms with Gasteiger partial charge in [-0.25, -0.2) is 9.37 Å². The summed E-state index contributed by atoms with van der Waals surface area (Å²) in [5.74, 6) is -0.942. The maximum atomic E-state index is 14.2. The summed E-state index contributed by atoms with van der Waals surface area (Å²) >= 11 is 0. The zero-order valence-corrected chi connectivity index (χ0v) is 13.6. The van der Waals surface area contributed by atoms with E-state index in [0.717, 1.165) is 12.1 Å². The van der Waals surface area contributed by atoms with Gasteiger partial charge in [-0.05, 0) is 43.7 Å². The van der Waals surface area contributed by atoms with Crippen molar-refractivity contribution in [3.05, 3.63) is 54.1 Å². The molecule has 0 aliphatic heterocycles. The van der Waals surface area contributed by atoms with E-state index < -0.39 is 23.2 Å². The van der Waals surface area contributed by atoms with Gasteiger partial charge >= 0.3 is 6.18 Å². The van der Waals surface area contributed by atoms with Crippen molar-refractivity contribution < 1.29 is 22.7 Å². The topological polar surface area (TPSA) is 38.0 Å². The van der Waals surface area contributed by atoms with Crippen molar-refractivity contribution in [3.8, 4) is 11.1 Å². The summed E-state index contributed by atoms with van der Waals surface area (Å²) in [6, 6.07) is 7.40. The molecule has 1 aromatic heterocycles. The third-order valence-corrected chi connectivity index (χ3v) is 3.79. The maximum Gasteiger partial charge on any atom is 0.416 e. The Bertz CT molecular complexity index is 923. The lowest BCUT2D eigenvalue weighted by atomic mass is 10.0. The number of aliphatic hydroxyl groups is 1. The number of fused-ring (bicyclic) bond motifs is 1. The highest BCUT2D eigenvalue weighted by Gasteiger charge is 2.31. The molecule has 0 saturated carbocycles. The Kier molecular flexibility index (Phi) is 4.07. The van der Waals surface area contributed by atoms with Crippen LogP contribution < -0.4 is 0 Å². The number of imidazole rings is 1. The van der Waals surface area contributed by atoms with E-state index in [4.69, 9.17) is 0 Å². The first-order chi connectivity index (χ1) is 11.5. The molecular weight excluding hydrogens is 336 g/mol. The molecule has 7 heteroatoms. The van der Waals surface area contributed by atoms with Gasteiger partial charge in [0.1, 0.15) is 5.82 Å². The molecule has 0 spiro atoms. The van der Waals surface area contributed by atoms with Crippen LogP contribution in [0.3, 0.4) is 0 Å². The van der Waals surface area contributed by atoms with Crippen molar-refractivity contribution in [1.29, 1.82) is 0 Å². The number of alkyl halides is 3. The largest absolute Gasteiger partial charge is 0.416 e. The third-order valence-electron chi connectivity index (χ3n) is 3.79. The van der Waals surface area contributed by atoms with Crippen molar-refractivity contribution >= 4 is 11.0 Å². The molecular formula is C18H16F4N2O. The molecule has 132 valence electrons. The minimum absolute atomic E-state index is 0.0749. The highest BCUT2D eigenvalue weighted by atomic mass is 19.4. The summed E-state index contributed by atoms with van der Waals surface area (Å²) in [7, 11) is 0. The summed E-state index contributed by atoms with van der Waals surface area (Å²) in [6.45, 7) is 3.58. The summed E-state index contributed by atoms with van der Waals surface area (Å²) in [4.78, 5) is 4.22. The van der Waals surface area contributed by atoms with Gasteiger partial charge in [0, 0.05) is 5.56 Å². The van der Waals surface area contributed by atoms with Crippen molar-refractivity contribution in [2.45, 2.75) is 32.2 Å². The quantitative estimate of drug-likeness (QED) is 0.698. The van der Waals surface area contributed by atoms with Crippen LogP contribution in [0.25, 0.3) is 22.2 Å². The van der Waals surface area contributed by atoms with Gasteiger partial charge in [0.2, 0.25) is 0 Å². The normalized spacial score (nSPS) is 12.8. The SMILES string of the molecule is CC(C)(O)Cn1cnc2ccc(-c3ccc(C(F)(F)F)cc3F)cc21. The second kappa shape index (κ2) is 5.84. The Morgan fingerprint density at radius 1 is 1.08 bits per heavy atom. The molecule has 0 aliphatic rings. The fraction of sp³-hybridized carbons (Fsp3) is 0.278. The second-order valence-electron chi connectivity index (χ2n) is 6.58. The lowest BCUT2D eigenvalue weighted by Gasteiger charge is -2.18. The minimum atomic E-state index is -4.59. The highest BCUT2D eigenvalue weighted by molar-refractivity contribution is 5.82. The average Bonchev–Trinajstić information content (AvgIpc) is 2.86. The van der Waals surface area contributed by atoms with Gasteiger partial charge in [0.15, 0.2) is 0 Å². The van der Waals surface area contributed by atoms with Crippen LogP contribution in [0.5, 0.6) is 0 Å². The molecule has 0 atom stereocenters. The van der Waals surface area contributed by atoms with Crippen LogP contribution in [0.2, 0.25) is 0 Å².